The molecule has 5 heteroatoms. The van der Waals surface area contributed by atoms with Crippen molar-refractivity contribution in [2.45, 2.75) is 27.2 Å². The van der Waals surface area contributed by atoms with Crippen LogP contribution >= 0.6 is 45.2 Å². The summed E-state index contributed by atoms with van der Waals surface area (Å²) in [5.74, 6) is -0.272. The molecule has 0 aromatic rings. The van der Waals surface area contributed by atoms with E-state index in [1.165, 1.54) is 16.7 Å². The summed E-state index contributed by atoms with van der Waals surface area (Å²) in [5, 5.41) is 0. The largest absolute Gasteiger partial charge is 0.462 e. The molecule has 0 aromatic carbocycles. The SMILES string of the molecule is C=C(C)C(=O)OCCCCC([SiH3])(I)I. The highest BCUT2D eigenvalue weighted by Gasteiger charge is 2.13. The van der Waals surface area contributed by atoms with Crippen LogP contribution in [0.4, 0.5) is 0 Å². The molecule has 0 saturated carbocycles. The molecular weight excluding hydrogens is 422 g/mol. The molecule has 0 aromatic heterocycles. The summed E-state index contributed by atoms with van der Waals surface area (Å²) < 4.78 is 5.44. The maximum absolute atomic E-state index is 11.0. The van der Waals surface area contributed by atoms with E-state index in [9.17, 15) is 4.79 Å². The predicted molar refractivity (Wildman–Crippen MR) is 80.3 cm³/mol. The molecule has 0 atom stereocenters. The molecule has 2 nitrogen and oxygen atoms in total. The van der Waals surface area contributed by atoms with Crippen LogP contribution in [0, 0.1) is 0 Å². The van der Waals surface area contributed by atoms with Crippen molar-refractivity contribution in [2.24, 2.45) is 0 Å². The average Bonchev–Trinajstić information content (AvgIpc) is 2.01. The van der Waals surface area contributed by atoms with Crippen molar-refractivity contribution in [3.63, 3.8) is 0 Å². The van der Waals surface area contributed by atoms with Crippen molar-refractivity contribution in [1.29, 1.82) is 0 Å². The van der Waals surface area contributed by atoms with Crippen molar-refractivity contribution in [2.75, 3.05) is 6.61 Å². The highest BCUT2D eigenvalue weighted by Crippen LogP contribution is 2.29. The van der Waals surface area contributed by atoms with E-state index in [1.54, 1.807) is 6.92 Å². The van der Waals surface area contributed by atoms with Gasteiger partial charge < -0.3 is 4.74 Å². The lowest BCUT2D eigenvalue weighted by Crippen LogP contribution is -2.11. The second-order valence-electron chi connectivity index (χ2n) is 3.44. The van der Waals surface area contributed by atoms with Crippen molar-refractivity contribution < 1.29 is 9.53 Å². The minimum absolute atomic E-state index is 0.272. The van der Waals surface area contributed by atoms with Crippen LogP contribution in [0.1, 0.15) is 26.2 Å². The van der Waals surface area contributed by atoms with Gasteiger partial charge in [0.05, 0.1) is 7.66 Å². The molecule has 0 amide bonds. The number of esters is 1. The van der Waals surface area contributed by atoms with E-state index >= 15 is 0 Å². The van der Waals surface area contributed by atoms with Gasteiger partial charge >= 0.3 is 5.97 Å². The molecule has 0 heterocycles. The van der Waals surface area contributed by atoms with Gasteiger partial charge in [0.2, 0.25) is 0 Å². The Balaban J connectivity index is 3.39. The lowest BCUT2D eigenvalue weighted by molar-refractivity contribution is -0.139. The number of hydrogen-bond acceptors (Lipinski definition) is 2. The summed E-state index contributed by atoms with van der Waals surface area (Å²) in [4.78, 5) is 11.0. The number of halogens is 2. The van der Waals surface area contributed by atoms with Gasteiger partial charge in [0, 0.05) is 15.8 Å². The number of alkyl halides is 2. The second-order valence-corrected chi connectivity index (χ2v) is 16.0. The molecular formula is C9H16I2O2Si. The van der Waals surface area contributed by atoms with Gasteiger partial charge in [-0.25, -0.2) is 4.79 Å². The number of carbonyl (C=O) groups is 1. The first-order valence-corrected chi connectivity index (χ1v) is 7.69. The van der Waals surface area contributed by atoms with Crippen molar-refractivity contribution in [3.8, 4) is 0 Å². The summed E-state index contributed by atoms with van der Waals surface area (Å²) in [6.45, 7) is 5.71. The predicted octanol–water partition coefficient (Wildman–Crippen LogP) is 2.17. The van der Waals surface area contributed by atoms with Gasteiger partial charge in [0.1, 0.15) is 0 Å². The van der Waals surface area contributed by atoms with Crippen molar-refractivity contribution >= 4 is 61.4 Å². The highest BCUT2D eigenvalue weighted by molar-refractivity contribution is 14.2. The summed E-state index contributed by atoms with van der Waals surface area (Å²) in [5.41, 5.74) is 0.477. The molecule has 0 fully saturated rings. The van der Waals surface area contributed by atoms with Crippen LogP contribution in [0.3, 0.4) is 0 Å². The molecule has 0 aliphatic heterocycles. The van der Waals surface area contributed by atoms with Crippen LogP contribution in [0.15, 0.2) is 12.2 Å². The van der Waals surface area contributed by atoms with Crippen molar-refractivity contribution in [3.05, 3.63) is 12.2 Å². The van der Waals surface area contributed by atoms with Gasteiger partial charge in [-0.2, -0.15) is 0 Å². The fourth-order valence-corrected chi connectivity index (χ4v) is 1.94. The van der Waals surface area contributed by atoms with Crippen LogP contribution in [-0.4, -0.2) is 23.9 Å². The Morgan fingerprint density at radius 1 is 1.50 bits per heavy atom. The average molecular weight is 438 g/mol. The summed E-state index contributed by atoms with van der Waals surface area (Å²) in [6.07, 6.45) is 3.28. The van der Waals surface area contributed by atoms with E-state index in [2.05, 4.69) is 51.8 Å². The standard InChI is InChI=1S/C9H16I2O2Si/c1-7(2)8(12)13-6-4-3-5-9(10,11)14/h1,3-6H2,2,14H3. The van der Waals surface area contributed by atoms with Gasteiger partial charge in [-0.05, 0) is 26.2 Å². The zero-order chi connectivity index (χ0) is 11.2. The summed E-state index contributed by atoms with van der Waals surface area (Å²) >= 11 is 4.96. The van der Waals surface area contributed by atoms with Crippen LogP contribution in [0.5, 0.6) is 0 Å². The lowest BCUT2D eigenvalue weighted by atomic mass is 10.2. The Bertz CT molecular complexity index is 211. The van der Waals surface area contributed by atoms with Gasteiger partial charge in [-0.15, -0.1) is 0 Å². The van der Waals surface area contributed by atoms with Gasteiger partial charge in [0.25, 0.3) is 0 Å². The van der Waals surface area contributed by atoms with Crippen LogP contribution in [-0.2, 0) is 9.53 Å². The molecule has 0 N–H and O–H groups in total. The number of carbonyl (C=O) groups excluding carboxylic acids is 1. The zero-order valence-electron chi connectivity index (χ0n) is 8.61. The molecule has 0 saturated heterocycles. The van der Waals surface area contributed by atoms with Crippen molar-refractivity contribution in [1.82, 2.24) is 0 Å². The second kappa shape index (κ2) is 7.21. The van der Waals surface area contributed by atoms with E-state index in [4.69, 9.17) is 4.74 Å². The van der Waals surface area contributed by atoms with E-state index in [0.717, 1.165) is 12.8 Å². The maximum Gasteiger partial charge on any atom is 0.333 e. The lowest BCUT2D eigenvalue weighted by Gasteiger charge is -2.13. The minimum atomic E-state index is -0.272. The zero-order valence-corrected chi connectivity index (χ0v) is 14.9. The summed E-state index contributed by atoms with van der Waals surface area (Å²) in [7, 11) is 1.19. The van der Waals surface area contributed by atoms with E-state index in [1.807, 2.05) is 0 Å². The maximum atomic E-state index is 11.0. The number of unbranched alkanes of at least 4 members (excludes halogenated alkanes) is 1. The Kier molecular flexibility index (Phi) is 7.66. The Morgan fingerprint density at radius 3 is 2.50 bits per heavy atom. The third-order valence-corrected chi connectivity index (χ3v) is 3.17. The van der Waals surface area contributed by atoms with Crippen LogP contribution in [0.2, 0.25) is 0 Å². The normalized spacial score (nSPS) is 11.4. The molecule has 0 aliphatic carbocycles. The number of hydrogen-bond donors (Lipinski definition) is 0. The monoisotopic (exact) mass is 438 g/mol. The van der Waals surface area contributed by atoms with Gasteiger partial charge in [-0.3, -0.25) is 0 Å². The third kappa shape index (κ3) is 9.44. The van der Waals surface area contributed by atoms with E-state index in [0.29, 0.717) is 13.2 Å². The molecule has 82 valence electrons. The molecule has 0 spiro atoms. The minimum Gasteiger partial charge on any atom is -0.462 e. The quantitative estimate of drug-likeness (QED) is 0.159. The summed E-state index contributed by atoms with van der Waals surface area (Å²) in [6, 6.07) is 0. The van der Waals surface area contributed by atoms with E-state index < -0.39 is 0 Å². The molecule has 0 rings (SSSR count). The van der Waals surface area contributed by atoms with E-state index in [-0.39, 0.29) is 5.97 Å². The third-order valence-electron chi connectivity index (χ3n) is 1.59. The van der Waals surface area contributed by atoms with Gasteiger partial charge in [0.15, 0.2) is 0 Å². The Hall–Kier alpha value is 0.887. The molecule has 0 radical (unpaired) electrons. The molecule has 0 unspecified atom stereocenters. The highest BCUT2D eigenvalue weighted by atomic mass is 127. The first-order chi connectivity index (χ1) is 6.33. The fourth-order valence-electron chi connectivity index (χ4n) is 0.826. The molecule has 0 aliphatic rings. The molecule has 0 bridgehead atoms. The topological polar surface area (TPSA) is 26.3 Å². The first-order valence-electron chi connectivity index (χ1n) is 4.53. The number of rotatable bonds is 6. The fraction of sp³-hybridized carbons (Fsp3) is 0.667. The number of ether oxygens (including phenoxy) is 1. The first kappa shape index (κ1) is 14.9. The Morgan fingerprint density at radius 2 is 2.07 bits per heavy atom. The Labute approximate surface area is 116 Å². The van der Waals surface area contributed by atoms with Crippen LogP contribution in [0.25, 0.3) is 0 Å². The molecule has 14 heavy (non-hydrogen) atoms. The smallest absolute Gasteiger partial charge is 0.333 e. The van der Waals surface area contributed by atoms with Crippen LogP contribution < -0.4 is 0 Å². The van der Waals surface area contributed by atoms with Gasteiger partial charge in [-0.1, -0.05) is 51.8 Å².